The SMILES string of the molecule is O=C(O)CCS.O=C(O)CS.O=C(O)CS.OCC(O)CS. The number of rotatable bonds is 6. The van der Waals surface area contributed by atoms with Crippen LogP contribution in [0.1, 0.15) is 6.42 Å². The molecule has 1 unspecified atom stereocenters. The molecule has 0 aliphatic rings. The third-order valence-corrected chi connectivity index (χ3v) is 2.20. The second-order valence-corrected chi connectivity index (χ2v) is 4.43. The standard InChI is InChI=1S/C3H8O2S.C3H6O2S.2C2H4O2S/c4-1-3(5)2-6;4-3(5)1-2-6;2*3-2(4)1-5/h3-6H,1-2H2;6H,1-2H2,(H,4,5);2*5H,1H2,(H,3,4). The number of hydrogen-bond donors (Lipinski definition) is 9. The monoisotopic (exact) mass is 398 g/mol. The van der Waals surface area contributed by atoms with E-state index in [0.29, 0.717) is 11.5 Å². The summed E-state index contributed by atoms with van der Waals surface area (Å²) in [7, 11) is 0. The quantitative estimate of drug-likeness (QED) is 0.276. The molecule has 134 valence electrons. The maximum atomic E-state index is 9.55. The van der Waals surface area contributed by atoms with Crippen molar-refractivity contribution in [3.05, 3.63) is 0 Å². The number of carboxylic acid groups (broad SMARTS) is 3. The molecule has 0 saturated heterocycles. The van der Waals surface area contributed by atoms with Gasteiger partial charge < -0.3 is 25.5 Å². The predicted molar refractivity (Wildman–Crippen MR) is 96.0 cm³/mol. The average molecular weight is 399 g/mol. The normalized spacial score (nSPS) is 9.55. The van der Waals surface area contributed by atoms with Crippen LogP contribution in [-0.2, 0) is 14.4 Å². The third-order valence-electron chi connectivity index (χ3n) is 1.02. The zero-order valence-electron chi connectivity index (χ0n) is 11.6. The zero-order valence-corrected chi connectivity index (χ0v) is 15.1. The molecule has 0 amide bonds. The van der Waals surface area contributed by atoms with Crippen LogP contribution >= 0.6 is 50.5 Å². The highest BCUT2D eigenvalue weighted by Gasteiger charge is 1.93. The molecule has 0 rings (SSSR count). The lowest BCUT2D eigenvalue weighted by atomic mass is 10.4. The average Bonchev–Trinajstić information content (AvgIpc) is 2.47. The van der Waals surface area contributed by atoms with Crippen molar-refractivity contribution in [2.45, 2.75) is 12.5 Å². The Balaban J connectivity index is -0.0000000986. The van der Waals surface area contributed by atoms with Gasteiger partial charge in [-0.05, 0) is 0 Å². The Morgan fingerprint density at radius 1 is 0.818 bits per heavy atom. The van der Waals surface area contributed by atoms with Gasteiger partial charge in [-0.25, -0.2) is 0 Å². The Morgan fingerprint density at radius 2 is 1.14 bits per heavy atom. The lowest BCUT2D eigenvalue weighted by Crippen LogP contribution is -2.12. The van der Waals surface area contributed by atoms with Gasteiger partial charge in [-0.15, -0.1) is 0 Å². The molecule has 22 heavy (non-hydrogen) atoms. The van der Waals surface area contributed by atoms with Crippen molar-refractivity contribution in [1.82, 2.24) is 0 Å². The number of thiol groups is 4. The number of aliphatic hydroxyl groups is 2. The lowest BCUT2D eigenvalue weighted by Gasteiger charge is -1.96. The minimum absolute atomic E-state index is 0.0833. The number of hydrogen-bond acceptors (Lipinski definition) is 9. The van der Waals surface area contributed by atoms with Gasteiger partial charge in [0.25, 0.3) is 0 Å². The first-order valence-corrected chi connectivity index (χ1v) is 8.03. The maximum absolute atomic E-state index is 9.55. The Labute approximate surface area is 150 Å². The molecule has 0 aromatic rings. The van der Waals surface area contributed by atoms with Crippen molar-refractivity contribution in [2.24, 2.45) is 0 Å². The molecular formula is C10H22O8S4. The van der Waals surface area contributed by atoms with E-state index in [4.69, 9.17) is 25.5 Å². The summed E-state index contributed by atoms with van der Waals surface area (Å²) in [4.78, 5) is 28.1. The Hall–Kier alpha value is -0.270. The fourth-order valence-electron chi connectivity index (χ4n) is 0.153. The fraction of sp³-hybridized carbons (Fsp3) is 0.700. The lowest BCUT2D eigenvalue weighted by molar-refractivity contribution is -0.137. The van der Waals surface area contributed by atoms with Gasteiger partial charge >= 0.3 is 17.9 Å². The second-order valence-electron chi connectivity index (χ2n) is 2.99. The smallest absolute Gasteiger partial charge is 0.313 e. The van der Waals surface area contributed by atoms with Crippen LogP contribution in [0, 0.1) is 0 Å². The van der Waals surface area contributed by atoms with E-state index in [1.54, 1.807) is 0 Å². The summed E-state index contributed by atoms with van der Waals surface area (Å²) >= 11 is 14.2. The van der Waals surface area contributed by atoms with Crippen molar-refractivity contribution < 1.29 is 39.9 Å². The minimum atomic E-state index is -0.881. The third kappa shape index (κ3) is 60.1. The van der Waals surface area contributed by atoms with Gasteiger partial charge in [0.05, 0.1) is 30.6 Å². The molecule has 12 heteroatoms. The number of carboxylic acids is 3. The molecule has 0 aromatic heterocycles. The van der Waals surface area contributed by atoms with E-state index < -0.39 is 24.0 Å². The molecule has 0 saturated carbocycles. The first-order valence-electron chi connectivity index (χ1n) is 5.50. The van der Waals surface area contributed by atoms with Gasteiger partial charge in [0.2, 0.25) is 0 Å². The van der Waals surface area contributed by atoms with Crippen LogP contribution in [0.2, 0.25) is 0 Å². The zero-order chi connectivity index (χ0) is 18.6. The van der Waals surface area contributed by atoms with Crippen LogP contribution < -0.4 is 0 Å². The summed E-state index contributed by atoms with van der Waals surface area (Å²) in [5.41, 5.74) is 0. The largest absolute Gasteiger partial charge is 0.481 e. The van der Waals surface area contributed by atoms with Crippen molar-refractivity contribution in [3.8, 4) is 0 Å². The first-order chi connectivity index (χ1) is 10.1. The molecule has 0 bridgehead atoms. The molecule has 0 heterocycles. The summed E-state index contributed by atoms with van der Waals surface area (Å²) in [6.07, 6.45) is -0.489. The van der Waals surface area contributed by atoms with Crippen molar-refractivity contribution in [3.63, 3.8) is 0 Å². The molecule has 0 aliphatic carbocycles. The molecule has 0 radical (unpaired) electrons. The molecule has 5 N–H and O–H groups in total. The van der Waals surface area contributed by atoms with Crippen LogP contribution in [0.15, 0.2) is 0 Å². The molecule has 8 nitrogen and oxygen atoms in total. The van der Waals surface area contributed by atoms with Crippen molar-refractivity contribution >= 4 is 68.4 Å². The Kier molecular flexibility index (Phi) is 34.7. The topological polar surface area (TPSA) is 152 Å². The summed E-state index contributed by atoms with van der Waals surface area (Å²) < 4.78 is 0. The van der Waals surface area contributed by atoms with Crippen LogP contribution in [-0.4, -0.2) is 79.2 Å². The summed E-state index contributed by atoms with van der Waals surface area (Å²) in [6, 6.07) is 0. The molecule has 0 spiro atoms. The van der Waals surface area contributed by atoms with Crippen LogP contribution in [0.5, 0.6) is 0 Å². The van der Waals surface area contributed by atoms with Crippen LogP contribution in [0.3, 0.4) is 0 Å². The van der Waals surface area contributed by atoms with Gasteiger partial charge in [0.1, 0.15) is 0 Å². The van der Waals surface area contributed by atoms with Gasteiger partial charge in [-0.2, -0.15) is 50.5 Å². The van der Waals surface area contributed by atoms with E-state index in [0.717, 1.165) is 0 Å². The minimum Gasteiger partial charge on any atom is -0.481 e. The van der Waals surface area contributed by atoms with Gasteiger partial charge in [-0.3, -0.25) is 14.4 Å². The van der Waals surface area contributed by atoms with E-state index in [1.165, 1.54) is 0 Å². The van der Waals surface area contributed by atoms with E-state index in [9.17, 15) is 14.4 Å². The maximum Gasteiger partial charge on any atom is 0.313 e. The van der Waals surface area contributed by atoms with Crippen molar-refractivity contribution in [1.29, 1.82) is 0 Å². The highest BCUT2D eigenvalue weighted by atomic mass is 32.1. The summed E-state index contributed by atoms with van der Waals surface area (Å²) in [6.45, 7) is -0.191. The van der Waals surface area contributed by atoms with E-state index in [1.807, 2.05) is 0 Å². The number of aliphatic carboxylic acids is 3. The number of aliphatic hydroxyl groups excluding tert-OH is 2. The molecule has 0 aromatic carbocycles. The summed E-state index contributed by atoms with van der Waals surface area (Å²) in [5, 5.41) is 39.5. The van der Waals surface area contributed by atoms with Crippen molar-refractivity contribution in [2.75, 3.05) is 29.6 Å². The Morgan fingerprint density at radius 3 is 1.14 bits per heavy atom. The van der Waals surface area contributed by atoms with Crippen LogP contribution in [0.4, 0.5) is 0 Å². The second kappa shape index (κ2) is 25.7. The molecular weight excluding hydrogens is 376 g/mol. The number of carbonyl (C=O) groups is 3. The Bertz CT molecular complexity index is 260. The van der Waals surface area contributed by atoms with E-state index in [2.05, 4.69) is 50.5 Å². The van der Waals surface area contributed by atoms with Gasteiger partial charge in [0, 0.05) is 11.5 Å². The van der Waals surface area contributed by atoms with E-state index in [-0.39, 0.29) is 24.5 Å². The highest BCUT2D eigenvalue weighted by molar-refractivity contribution is 7.81. The van der Waals surface area contributed by atoms with Gasteiger partial charge in [0.15, 0.2) is 0 Å². The molecule has 0 fully saturated rings. The first kappa shape index (κ1) is 29.7. The highest BCUT2D eigenvalue weighted by Crippen LogP contribution is 1.81. The van der Waals surface area contributed by atoms with E-state index >= 15 is 0 Å². The van der Waals surface area contributed by atoms with Gasteiger partial charge in [-0.1, -0.05) is 0 Å². The summed E-state index contributed by atoms with van der Waals surface area (Å²) in [5.74, 6) is -1.96. The van der Waals surface area contributed by atoms with Crippen LogP contribution in [0.25, 0.3) is 0 Å². The fourth-order valence-corrected chi connectivity index (χ4v) is 0.460. The molecule has 0 aliphatic heterocycles. The molecule has 1 atom stereocenters. The predicted octanol–water partition coefficient (Wildman–Crippen LogP) is -0.338.